The van der Waals surface area contributed by atoms with Gasteiger partial charge in [0.2, 0.25) is 5.91 Å². The van der Waals surface area contributed by atoms with Crippen LogP contribution in [0, 0.1) is 0 Å². The minimum Gasteiger partial charge on any atom is -0.493 e. The number of ether oxygens (including phenoxy) is 1. The van der Waals surface area contributed by atoms with E-state index >= 15 is 0 Å². The number of carbonyl (C=O) groups excluding carboxylic acids is 1. The number of benzene rings is 1. The van der Waals surface area contributed by atoms with E-state index in [-0.39, 0.29) is 5.91 Å². The Morgan fingerprint density at radius 1 is 1.39 bits per heavy atom. The van der Waals surface area contributed by atoms with Gasteiger partial charge in [0.25, 0.3) is 0 Å². The summed E-state index contributed by atoms with van der Waals surface area (Å²) in [7, 11) is 0. The highest BCUT2D eigenvalue weighted by Crippen LogP contribution is 2.26. The predicted octanol–water partition coefficient (Wildman–Crippen LogP) is 0.778. The van der Waals surface area contributed by atoms with Gasteiger partial charge in [-0.1, -0.05) is 19.1 Å². The third kappa shape index (κ3) is 2.46. The van der Waals surface area contributed by atoms with Crippen molar-refractivity contribution >= 4 is 5.91 Å². The van der Waals surface area contributed by atoms with Crippen molar-refractivity contribution in [1.82, 2.24) is 10.6 Å². The quantitative estimate of drug-likeness (QED) is 0.735. The molecule has 0 bridgehead atoms. The van der Waals surface area contributed by atoms with Crippen molar-refractivity contribution in [2.45, 2.75) is 19.1 Å². The molecule has 1 heterocycles. The van der Waals surface area contributed by atoms with E-state index in [2.05, 4.69) is 10.6 Å². The van der Waals surface area contributed by atoms with E-state index in [0.29, 0.717) is 17.9 Å². The molecule has 5 nitrogen and oxygen atoms in total. The number of amides is 1. The predicted molar refractivity (Wildman–Crippen MR) is 68.5 cm³/mol. The number of para-hydroxylation sites is 1. The van der Waals surface area contributed by atoms with E-state index < -0.39 is 5.79 Å². The summed E-state index contributed by atoms with van der Waals surface area (Å²) in [6.07, 6.45) is 3.83. The van der Waals surface area contributed by atoms with E-state index in [1.54, 1.807) is 0 Å². The molecule has 0 spiro atoms. The number of rotatable bonds is 4. The van der Waals surface area contributed by atoms with Crippen molar-refractivity contribution in [2.24, 2.45) is 5.73 Å². The normalized spacial score (nSPS) is 22.2. The van der Waals surface area contributed by atoms with Crippen LogP contribution in [0.3, 0.4) is 0 Å². The first-order chi connectivity index (χ1) is 8.65. The average Bonchev–Trinajstić information content (AvgIpc) is 2.36. The van der Waals surface area contributed by atoms with E-state index in [0.717, 1.165) is 6.42 Å². The van der Waals surface area contributed by atoms with Gasteiger partial charge in [-0.2, -0.15) is 0 Å². The second kappa shape index (κ2) is 5.10. The van der Waals surface area contributed by atoms with Crippen molar-refractivity contribution in [2.75, 3.05) is 6.61 Å². The van der Waals surface area contributed by atoms with Gasteiger partial charge in [-0.3, -0.25) is 10.5 Å². The molecule has 1 aromatic carbocycles. The molecular weight excluding hydrogens is 230 g/mol. The molecule has 0 saturated carbocycles. The maximum absolute atomic E-state index is 11.4. The minimum absolute atomic E-state index is 0.235. The van der Waals surface area contributed by atoms with E-state index in [9.17, 15) is 4.79 Å². The molecule has 1 aliphatic rings. The highest BCUT2D eigenvalue weighted by molar-refractivity contribution is 5.89. The van der Waals surface area contributed by atoms with Crippen molar-refractivity contribution in [1.29, 1.82) is 0 Å². The summed E-state index contributed by atoms with van der Waals surface area (Å²) in [5.74, 6) is -0.692. The summed E-state index contributed by atoms with van der Waals surface area (Å²) < 4.78 is 5.64. The van der Waals surface area contributed by atoms with Gasteiger partial charge < -0.3 is 15.4 Å². The van der Waals surface area contributed by atoms with Crippen LogP contribution in [0.2, 0.25) is 0 Å². The van der Waals surface area contributed by atoms with Crippen molar-refractivity contribution < 1.29 is 9.53 Å². The van der Waals surface area contributed by atoms with Gasteiger partial charge in [-0.15, -0.1) is 0 Å². The Morgan fingerprint density at radius 2 is 2.17 bits per heavy atom. The SMILES string of the molecule is CCCOc1ccccc1C1(N)NC=CC(=O)N1. The van der Waals surface area contributed by atoms with Crippen molar-refractivity contribution in [3.8, 4) is 5.75 Å². The van der Waals surface area contributed by atoms with Gasteiger partial charge in [0.1, 0.15) is 5.75 Å². The molecule has 1 aromatic rings. The lowest BCUT2D eigenvalue weighted by molar-refractivity contribution is -0.119. The minimum atomic E-state index is -1.13. The van der Waals surface area contributed by atoms with Crippen molar-refractivity contribution in [3.05, 3.63) is 42.1 Å². The van der Waals surface area contributed by atoms with Gasteiger partial charge in [-0.05, 0) is 18.6 Å². The summed E-state index contributed by atoms with van der Waals surface area (Å²) in [4.78, 5) is 11.4. The topological polar surface area (TPSA) is 76.4 Å². The highest BCUT2D eigenvalue weighted by Gasteiger charge is 2.32. The molecule has 1 atom stereocenters. The maximum atomic E-state index is 11.4. The Kier molecular flexibility index (Phi) is 3.53. The number of hydrogen-bond donors (Lipinski definition) is 3. The molecule has 1 aliphatic heterocycles. The Hall–Kier alpha value is -2.01. The molecular formula is C13H17N3O2. The van der Waals surface area contributed by atoms with E-state index in [1.807, 2.05) is 31.2 Å². The molecule has 0 radical (unpaired) electrons. The standard InChI is InChI=1S/C13H17N3O2/c1-2-9-18-11-6-4-3-5-10(11)13(14)15-8-7-12(17)16-13/h3-8,15H,2,9,14H2,1H3,(H,16,17). The molecule has 0 saturated heterocycles. The fourth-order valence-electron chi connectivity index (χ4n) is 1.80. The summed E-state index contributed by atoms with van der Waals surface area (Å²) in [6, 6.07) is 7.40. The number of nitrogens with one attached hydrogen (secondary N) is 2. The van der Waals surface area contributed by atoms with Crippen molar-refractivity contribution in [3.63, 3.8) is 0 Å². The monoisotopic (exact) mass is 247 g/mol. The molecule has 1 unspecified atom stereocenters. The Balaban J connectivity index is 2.31. The first-order valence-electron chi connectivity index (χ1n) is 5.93. The summed E-state index contributed by atoms with van der Waals surface area (Å²) in [5, 5.41) is 5.63. The van der Waals surface area contributed by atoms with Gasteiger partial charge in [0.05, 0.1) is 12.2 Å². The zero-order valence-corrected chi connectivity index (χ0v) is 10.3. The van der Waals surface area contributed by atoms with Crippen LogP contribution >= 0.6 is 0 Å². The molecule has 0 aliphatic carbocycles. The summed E-state index contributed by atoms with van der Waals surface area (Å²) >= 11 is 0. The zero-order valence-electron chi connectivity index (χ0n) is 10.3. The maximum Gasteiger partial charge on any atom is 0.248 e. The van der Waals surface area contributed by atoms with Crippen LogP contribution in [0.1, 0.15) is 18.9 Å². The molecule has 96 valence electrons. The molecule has 18 heavy (non-hydrogen) atoms. The molecule has 2 rings (SSSR count). The number of hydrogen-bond acceptors (Lipinski definition) is 4. The molecule has 0 aromatic heterocycles. The lowest BCUT2D eigenvalue weighted by atomic mass is 10.1. The Morgan fingerprint density at radius 3 is 2.89 bits per heavy atom. The largest absolute Gasteiger partial charge is 0.493 e. The second-order valence-electron chi connectivity index (χ2n) is 4.12. The van der Waals surface area contributed by atoms with Crippen LogP contribution in [0.25, 0.3) is 0 Å². The molecule has 4 N–H and O–H groups in total. The first-order valence-corrected chi connectivity index (χ1v) is 5.93. The average molecular weight is 247 g/mol. The summed E-state index contributed by atoms with van der Waals surface area (Å²) in [5.41, 5.74) is 6.87. The Labute approximate surface area is 106 Å². The molecule has 5 heteroatoms. The van der Waals surface area contributed by atoms with Gasteiger partial charge in [0.15, 0.2) is 5.79 Å². The van der Waals surface area contributed by atoms with E-state index in [1.165, 1.54) is 12.3 Å². The van der Waals surface area contributed by atoms with Crippen LogP contribution in [0.5, 0.6) is 5.75 Å². The fourth-order valence-corrected chi connectivity index (χ4v) is 1.80. The van der Waals surface area contributed by atoms with Gasteiger partial charge >= 0.3 is 0 Å². The first kappa shape index (κ1) is 12.4. The lowest BCUT2D eigenvalue weighted by Crippen LogP contribution is -2.62. The second-order valence-corrected chi connectivity index (χ2v) is 4.12. The van der Waals surface area contributed by atoms with Crippen LogP contribution < -0.4 is 21.1 Å². The van der Waals surface area contributed by atoms with Crippen LogP contribution in [0.4, 0.5) is 0 Å². The third-order valence-corrected chi connectivity index (χ3v) is 2.64. The van der Waals surface area contributed by atoms with E-state index in [4.69, 9.17) is 10.5 Å². The highest BCUT2D eigenvalue weighted by atomic mass is 16.5. The number of carbonyl (C=O) groups is 1. The zero-order chi connectivity index (χ0) is 13.0. The smallest absolute Gasteiger partial charge is 0.248 e. The van der Waals surface area contributed by atoms with Gasteiger partial charge in [0, 0.05) is 12.3 Å². The third-order valence-electron chi connectivity index (χ3n) is 2.64. The van der Waals surface area contributed by atoms with Crippen LogP contribution in [-0.4, -0.2) is 12.5 Å². The summed E-state index contributed by atoms with van der Waals surface area (Å²) in [6.45, 7) is 2.64. The Bertz CT molecular complexity index is 473. The number of nitrogens with two attached hydrogens (primary N) is 1. The molecule has 1 amide bonds. The van der Waals surface area contributed by atoms with Gasteiger partial charge in [-0.25, -0.2) is 0 Å². The molecule has 0 fully saturated rings. The fraction of sp³-hybridized carbons (Fsp3) is 0.308. The van der Waals surface area contributed by atoms with Crippen LogP contribution in [0.15, 0.2) is 36.5 Å². The van der Waals surface area contributed by atoms with Crippen LogP contribution in [-0.2, 0) is 10.6 Å². The lowest BCUT2D eigenvalue weighted by Gasteiger charge is -2.34.